The second-order valence-electron chi connectivity index (χ2n) is 7.94. The quantitative estimate of drug-likeness (QED) is 0.833. The third kappa shape index (κ3) is 4.42. The van der Waals surface area contributed by atoms with Gasteiger partial charge in [0.05, 0.1) is 0 Å². The van der Waals surface area contributed by atoms with Gasteiger partial charge in [-0.1, -0.05) is 24.3 Å². The molecule has 0 spiro atoms. The highest BCUT2D eigenvalue weighted by molar-refractivity contribution is 5.95. The summed E-state index contributed by atoms with van der Waals surface area (Å²) in [5.74, 6) is 0.559. The smallest absolute Gasteiger partial charge is 0.253 e. The van der Waals surface area contributed by atoms with Gasteiger partial charge in [-0.15, -0.1) is 0 Å². The third-order valence-corrected chi connectivity index (χ3v) is 5.83. The molecule has 1 aliphatic carbocycles. The van der Waals surface area contributed by atoms with Gasteiger partial charge >= 0.3 is 0 Å². The molecule has 148 valence electrons. The van der Waals surface area contributed by atoms with Crippen LogP contribution in [-0.2, 0) is 0 Å². The zero-order chi connectivity index (χ0) is 19.5. The monoisotopic (exact) mass is 382 g/mol. The second kappa shape index (κ2) is 8.41. The number of aliphatic hydroxyl groups is 1. The third-order valence-electron chi connectivity index (χ3n) is 5.83. The van der Waals surface area contributed by atoms with E-state index in [4.69, 9.17) is 0 Å². The van der Waals surface area contributed by atoms with Crippen LogP contribution in [0.2, 0.25) is 0 Å². The van der Waals surface area contributed by atoms with Crippen molar-refractivity contribution in [3.05, 3.63) is 59.9 Å². The predicted octanol–water partition coefficient (Wildman–Crippen LogP) is 3.41. The number of nitrogens with zero attached hydrogens (tertiary/aromatic N) is 2. The molecule has 1 heterocycles. The van der Waals surface area contributed by atoms with Gasteiger partial charge < -0.3 is 10.0 Å². The lowest BCUT2D eigenvalue weighted by Gasteiger charge is -2.41. The first-order valence-corrected chi connectivity index (χ1v) is 10.1. The van der Waals surface area contributed by atoms with Gasteiger partial charge in [-0.2, -0.15) is 0 Å². The Kier molecular flexibility index (Phi) is 5.74. The first-order chi connectivity index (χ1) is 13.6. The Labute approximate surface area is 165 Å². The molecule has 1 amide bonds. The molecule has 1 saturated carbocycles. The lowest BCUT2D eigenvalue weighted by atomic mass is 10.0. The number of rotatable bonds is 6. The second-order valence-corrected chi connectivity index (χ2v) is 7.94. The van der Waals surface area contributed by atoms with Crippen LogP contribution in [0.1, 0.15) is 29.6 Å². The van der Waals surface area contributed by atoms with Crippen molar-refractivity contribution in [2.75, 3.05) is 32.8 Å². The number of amides is 1. The molecule has 5 heteroatoms. The van der Waals surface area contributed by atoms with E-state index in [1.54, 1.807) is 12.1 Å². The highest BCUT2D eigenvalue weighted by Gasteiger charge is 2.33. The van der Waals surface area contributed by atoms with Crippen molar-refractivity contribution in [3.8, 4) is 11.1 Å². The van der Waals surface area contributed by atoms with Crippen LogP contribution in [0.25, 0.3) is 11.1 Å². The molecular weight excluding hydrogens is 355 g/mol. The van der Waals surface area contributed by atoms with Crippen LogP contribution < -0.4 is 0 Å². The molecule has 4 rings (SSSR count). The van der Waals surface area contributed by atoms with Crippen LogP contribution >= 0.6 is 0 Å². The summed E-state index contributed by atoms with van der Waals surface area (Å²) >= 11 is 0. The molecule has 2 aromatic carbocycles. The molecule has 1 atom stereocenters. The predicted molar refractivity (Wildman–Crippen MR) is 108 cm³/mol. The first-order valence-electron chi connectivity index (χ1n) is 10.1. The molecule has 2 aliphatic rings. The number of piperazine rings is 1. The van der Waals surface area contributed by atoms with Crippen LogP contribution in [-0.4, -0.2) is 59.6 Å². The minimum Gasteiger partial charge on any atom is -0.396 e. The fraction of sp³-hybridized carbons (Fsp3) is 0.435. The Bertz CT molecular complexity index is 820. The average Bonchev–Trinajstić information content (AvgIpc) is 3.54. The molecule has 0 unspecified atom stereocenters. The summed E-state index contributed by atoms with van der Waals surface area (Å²) in [6, 6.07) is 14.1. The molecule has 28 heavy (non-hydrogen) atoms. The Hall–Kier alpha value is -2.24. The number of carbonyl (C=O) groups is 1. The summed E-state index contributed by atoms with van der Waals surface area (Å²) in [7, 11) is 0. The van der Waals surface area contributed by atoms with Gasteiger partial charge in [0.15, 0.2) is 0 Å². The van der Waals surface area contributed by atoms with E-state index in [1.807, 2.05) is 29.2 Å². The maximum Gasteiger partial charge on any atom is 0.253 e. The molecule has 2 aromatic rings. The van der Waals surface area contributed by atoms with Crippen molar-refractivity contribution >= 4 is 5.91 Å². The van der Waals surface area contributed by atoms with Crippen molar-refractivity contribution in [1.82, 2.24) is 9.80 Å². The topological polar surface area (TPSA) is 43.8 Å². The van der Waals surface area contributed by atoms with Gasteiger partial charge in [0.1, 0.15) is 5.82 Å². The van der Waals surface area contributed by atoms with E-state index in [0.717, 1.165) is 30.1 Å². The average molecular weight is 382 g/mol. The number of benzene rings is 2. The minimum atomic E-state index is -0.269. The Morgan fingerprint density at radius 3 is 2.57 bits per heavy atom. The fourth-order valence-corrected chi connectivity index (χ4v) is 4.03. The summed E-state index contributed by atoms with van der Waals surface area (Å²) in [5.41, 5.74) is 2.45. The number of carbonyl (C=O) groups excluding carboxylic acids is 1. The van der Waals surface area contributed by atoms with Crippen LogP contribution in [0, 0.1) is 11.7 Å². The summed E-state index contributed by atoms with van der Waals surface area (Å²) < 4.78 is 13.2. The van der Waals surface area contributed by atoms with Crippen LogP contribution in [0.3, 0.4) is 0 Å². The summed E-state index contributed by atoms with van der Waals surface area (Å²) in [6.07, 6.45) is 3.31. The zero-order valence-corrected chi connectivity index (χ0v) is 16.1. The fourth-order valence-electron chi connectivity index (χ4n) is 4.03. The molecular formula is C23H27FN2O2. The van der Waals surface area contributed by atoms with Gasteiger partial charge in [0.25, 0.3) is 5.91 Å². The van der Waals surface area contributed by atoms with Crippen molar-refractivity contribution < 1.29 is 14.3 Å². The summed E-state index contributed by atoms with van der Waals surface area (Å²) in [6.45, 7) is 3.48. The van der Waals surface area contributed by atoms with Gasteiger partial charge in [-0.05, 0) is 60.6 Å². The lowest BCUT2D eigenvalue weighted by Crippen LogP contribution is -2.55. The number of halogens is 1. The number of hydrogen-bond acceptors (Lipinski definition) is 3. The van der Waals surface area contributed by atoms with E-state index < -0.39 is 0 Å². The van der Waals surface area contributed by atoms with Gasteiger partial charge in [0.2, 0.25) is 0 Å². The van der Waals surface area contributed by atoms with E-state index in [1.165, 1.54) is 25.0 Å². The van der Waals surface area contributed by atoms with E-state index in [9.17, 15) is 14.3 Å². The summed E-state index contributed by atoms with van der Waals surface area (Å²) in [5, 5.41) is 9.45. The summed E-state index contributed by atoms with van der Waals surface area (Å²) in [4.78, 5) is 17.5. The van der Waals surface area contributed by atoms with E-state index in [2.05, 4.69) is 4.90 Å². The molecule has 0 bridgehead atoms. The Morgan fingerprint density at radius 2 is 1.86 bits per heavy atom. The van der Waals surface area contributed by atoms with Crippen LogP contribution in [0.4, 0.5) is 4.39 Å². The van der Waals surface area contributed by atoms with E-state index in [-0.39, 0.29) is 24.4 Å². The minimum absolute atomic E-state index is 0.0259. The Balaban J connectivity index is 1.47. The molecule has 4 nitrogen and oxygen atoms in total. The van der Waals surface area contributed by atoms with Crippen molar-refractivity contribution in [3.63, 3.8) is 0 Å². The first kappa shape index (κ1) is 19.1. The van der Waals surface area contributed by atoms with Crippen molar-refractivity contribution in [2.24, 2.45) is 5.92 Å². The highest BCUT2D eigenvalue weighted by atomic mass is 19.1. The van der Waals surface area contributed by atoms with Crippen molar-refractivity contribution in [2.45, 2.75) is 25.3 Å². The molecule has 1 N–H and O–H groups in total. The highest BCUT2D eigenvalue weighted by Crippen LogP contribution is 2.31. The zero-order valence-electron chi connectivity index (χ0n) is 16.1. The lowest BCUT2D eigenvalue weighted by molar-refractivity contribution is 0.0407. The number of aliphatic hydroxyl groups excluding tert-OH is 1. The van der Waals surface area contributed by atoms with Crippen LogP contribution in [0.5, 0.6) is 0 Å². The maximum absolute atomic E-state index is 13.2. The maximum atomic E-state index is 13.2. The van der Waals surface area contributed by atoms with Crippen molar-refractivity contribution in [1.29, 1.82) is 0 Å². The SMILES string of the molecule is O=C(c1cccc(-c2ccc(F)cc2)c1)N1CCN(CC2CC2)[C@@H](CCO)C1. The molecule has 0 aromatic heterocycles. The standard InChI is InChI=1S/C23H27FN2O2/c24-21-8-6-18(7-9-21)19-2-1-3-20(14-19)23(28)26-12-11-25(15-17-4-5-17)22(16-26)10-13-27/h1-3,6-9,14,17,22,27H,4-5,10-13,15-16H2/t22-/m0/s1. The molecule has 1 aliphatic heterocycles. The van der Waals surface area contributed by atoms with Gasteiger partial charge in [-0.25, -0.2) is 4.39 Å². The van der Waals surface area contributed by atoms with Crippen LogP contribution in [0.15, 0.2) is 48.5 Å². The van der Waals surface area contributed by atoms with E-state index in [0.29, 0.717) is 25.1 Å². The number of hydrogen-bond donors (Lipinski definition) is 1. The molecule has 1 saturated heterocycles. The van der Waals surface area contributed by atoms with E-state index >= 15 is 0 Å². The molecule has 2 fully saturated rings. The molecule has 0 radical (unpaired) electrons. The van der Waals surface area contributed by atoms with Gasteiger partial charge in [0, 0.05) is 44.4 Å². The normalized spacial score (nSPS) is 20.4. The van der Waals surface area contributed by atoms with Gasteiger partial charge in [-0.3, -0.25) is 9.69 Å². The largest absolute Gasteiger partial charge is 0.396 e. The Morgan fingerprint density at radius 1 is 1.07 bits per heavy atom.